The van der Waals surface area contributed by atoms with E-state index < -0.39 is 11.3 Å². The highest BCUT2D eigenvalue weighted by Crippen LogP contribution is 2.45. The fraction of sp³-hybridized carbons (Fsp3) is 0.565. The lowest BCUT2D eigenvalue weighted by molar-refractivity contribution is -0.171. The Balaban J connectivity index is 1.55. The van der Waals surface area contributed by atoms with Crippen LogP contribution in [0.1, 0.15) is 41.8 Å². The molecule has 1 aromatic carbocycles. The molecule has 0 radical (unpaired) electrons. The van der Waals surface area contributed by atoms with Crippen molar-refractivity contribution in [3.8, 4) is 0 Å². The van der Waals surface area contributed by atoms with Crippen LogP contribution in [0.15, 0.2) is 30.3 Å². The van der Waals surface area contributed by atoms with E-state index in [1.54, 1.807) is 14.5 Å². The zero-order valence-corrected chi connectivity index (χ0v) is 18.0. The van der Waals surface area contributed by atoms with E-state index in [1.165, 1.54) is 0 Å². The maximum atomic E-state index is 14.8. The smallest absolute Gasteiger partial charge is 0.261 e. The van der Waals surface area contributed by atoms with Gasteiger partial charge in [-0.05, 0) is 38.3 Å². The molecule has 0 N–H and O–H groups in total. The first-order valence-corrected chi connectivity index (χ1v) is 10.6. The first-order valence-electron chi connectivity index (χ1n) is 10.6. The summed E-state index contributed by atoms with van der Waals surface area (Å²) in [5.41, 5.74) is 2.92. The summed E-state index contributed by atoms with van der Waals surface area (Å²) in [5, 5.41) is 4.35. The Morgan fingerprint density at radius 2 is 1.93 bits per heavy atom. The van der Waals surface area contributed by atoms with E-state index in [1.807, 2.05) is 51.2 Å². The number of alkyl halides is 2. The lowest BCUT2D eigenvalue weighted by Gasteiger charge is -2.49. The Morgan fingerprint density at radius 1 is 1.13 bits per heavy atom. The maximum Gasteiger partial charge on any atom is 0.261 e. The monoisotopic (exact) mass is 416 g/mol. The third-order valence-electron chi connectivity index (χ3n) is 6.34. The molecule has 0 bridgehead atoms. The summed E-state index contributed by atoms with van der Waals surface area (Å²) < 4.78 is 31.4. The van der Waals surface area contributed by atoms with Gasteiger partial charge in [-0.1, -0.05) is 29.8 Å². The minimum atomic E-state index is -2.87. The Morgan fingerprint density at radius 3 is 2.63 bits per heavy atom. The summed E-state index contributed by atoms with van der Waals surface area (Å²) in [5.74, 6) is -3.01. The summed E-state index contributed by atoms with van der Waals surface area (Å²) in [4.78, 5) is 17.0. The number of carbonyl (C=O) groups is 1. The van der Waals surface area contributed by atoms with Crippen LogP contribution < -0.4 is 0 Å². The summed E-state index contributed by atoms with van der Waals surface area (Å²) >= 11 is 0. The van der Waals surface area contributed by atoms with Crippen molar-refractivity contribution in [2.24, 2.45) is 12.5 Å². The third kappa shape index (κ3) is 4.26. The molecule has 2 aliphatic rings. The molecule has 7 heteroatoms. The predicted octanol–water partition coefficient (Wildman–Crippen LogP) is 3.69. The van der Waals surface area contributed by atoms with Crippen LogP contribution >= 0.6 is 0 Å². The quantitative estimate of drug-likeness (QED) is 0.763. The maximum absolute atomic E-state index is 14.8. The van der Waals surface area contributed by atoms with Gasteiger partial charge in [0.1, 0.15) is 0 Å². The number of piperidine rings is 2. The SMILES string of the molecule is Cc1cccc(CN2CC(F)(F)C[C@]3(CCCN(Cc4cc(C)nn4C)C3=O)C2)c1. The van der Waals surface area contributed by atoms with Crippen molar-refractivity contribution in [2.45, 2.75) is 52.1 Å². The van der Waals surface area contributed by atoms with Crippen LogP contribution in [-0.2, 0) is 24.9 Å². The fourth-order valence-corrected chi connectivity index (χ4v) is 5.22. The van der Waals surface area contributed by atoms with Gasteiger partial charge >= 0.3 is 0 Å². The Kier molecular flexibility index (Phi) is 5.43. The second kappa shape index (κ2) is 7.76. The lowest BCUT2D eigenvalue weighted by atomic mass is 9.71. The molecule has 1 spiro atoms. The lowest BCUT2D eigenvalue weighted by Crippen LogP contribution is -2.60. The summed E-state index contributed by atoms with van der Waals surface area (Å²) in [6.45, 7) is 5.46. The van der Waals surface area contributed by atoms with Gasteiger partial charge in [-0.3, -0.25) is 14.4 Å². The number of benzene rings is 1. The van der Waals surface area contributed by atoms with Crippen LogP contribution in [0.5, 0.6) is 0 Å². The molecule has 0 aliphatic carbocycles. The number of nitrogens with zero attached hydrogens (tertiary/aromatic N) is 4. The normalized spacial score (nSPS) is 24.6. The van der Waals surface area contributed by atoms with Crippen LogP contribution in [0.2, 0.25) is 0 Å². The number of halogens is 2. The zero-order valence-electron chi connectivity index (χ0n) is 18.0. The molecule has 2 aliphatic heterocycles. The molecule has 4 rings (SSSR count). The third-order valence-corrected chi connectivity index (χ3v) is 6.34. The molecular weight excluding hydrogens is 386 g/mol. The number of aryl methyl sites for hydroxylation is 3. The van der Waals surface area contributed by atoms with Crippen molar-refractivity contribution in [1.82, 2.24) is 19.6 Å². The molecule has 2 saturated heterocycles. The van der Waals surface area contributed by atoms with E-state index in [4.69, 9.17) is 0 Å². The van der Waals surface area contributed by atoms with Crippen molar-refractivity contribution in [1.29, 1.82) is 0 Å². The molecule has 2 fully saturated rings. The second-order valence-electron chi connectivity index (χ2n) is 9.18. The van der Waals surface area contributed by atoms with Crippen molar-refractivity contribution < 1.29 is 13.6 Å². The fourth-order valence-electron chi connectivity index (χ4n) is 5.22. The Hall–Kier alpha value is -2.28. The van der Waals surface area contributed by atoms with E-state index in [2.05, 4.69) is 5.10 Å². The van der Waals surface area contributed by atoms with Crippen LogP contribution in [0, 0.1) is 19.3 Å². The first-order chi connectivity index (χ1) is 14.2. The van der Waals surface area contributed by atoms with Crippen LogP contribution in [0.3, 0.4) is 0 Å². The van der Waals surface area contributed by atoms with E-state index >= 15 is 0 Å². The van der Waals surface area contributed by atoms with Gasteiger partial charge in [0.15, 0.2) is 0 Å². The van der Waals surface area contributed by atoms with E-state index in [-0.39, 0.29) is 18.9 Å². The number of hydrogen-bond acceptors (Lipinski definition) is 3. The zero-order chi connectivity index (χ0) is 21.5. The molecule has 0 saturated carbocycles. The van der Waals surface area contributed by atoms with Crippen LogP contribution in [0.4, 0.5) is 8.78 Å². The highest BCUT2D eigenvalue weighted by molar-refractivity contribution is 5.84. The van der Waals surface area contributed by atoms with E-state index in [0.717, 1.165) is 28.9 Å². The Bertz CT molecular complexity index is 941. The number of likely N-dealkylation sites (tertiary alicyclic amines) is 2. The minimum absolute atomic E-state index is 0.138. The van der Waals surface area contributed by atoms with Gasteiger partial charge in [0, 0.05) is 33.1 Å². The van der Waals surface area contributed by atoms with Crippen LogP contribution in [-0.4, -0.2) is 51.0 Å². The second-order valence-corrected chi connectivity index (χ2v) is 9.18. The molecule has 1 atom stereocenters. The number of carbonyl (C=O) groups excluding carboxylic acids is 1. The molecule has 30 heavy (non-hydrogen) atoms. The highest BCUT2D eigenvalue weighted by atomic mass is 19.3. The molecule has 3 heterocycles. The molecular formula is C23H30F2N4O. The molecule has 5 nitrogen and oxygen atoms in total. The molecule has 1 amide bonds. The molecule has 162 valence electrons. The number of amides is 1. The number of rotatable bonds is 4. The van der Waals surface area contributed by atoms with Gasteiger partial charge in [0.05, 0.1) is 29.9 Å². The standard InChI is InChI=1S/C23H30F2N4O/c1-17-6-4-7-19(10-17)12-28-15-22(14-23(24,25)16-28)8-5-9-29(21(22)30)13-20-11-18(2)26-27(20)3/h4,6-7,10-11H,5,8-9,12-16H2,1-3H3/t22-/m1/s1. The van der Waals surface area contributed by atoms with Crippen LogP contribution in [0.25, 0.3) is 0 Å². The van der Waals surface area contributed by atoms with Crippen molar-refractivity contribution >= 4 is 5.91 Å². The summed E-state index contributed by atoms with van der Waals surface area (Å²) in [6.07, 6.45) is 0.910. The predicted molar refractivity (Wildman–Crippen MR) is 111 cm³/mol. The van der Waals surface area contributed by atoms with Crippen molar-refractivity contribution in [2.75, 3.05) is 19.6 Å². The largest absolute Gasteiger partial charge is 0.336 e. The summed E-state index contributed by atoms with van der Waals surface area (Å²) in [7, 11) is 1.85. The van der Waals surface area contributed by atoms with Crippen molar-refractivity contribution in [3.05, 3.63) is 52.8 Å². The molecule has 0 unspecified atom stereocenters. The van der Waals surface area contributed by atoms with Gasteiger partial charge < -0.3 is 4.90 Å². The van der Waals surface area contributed by atoms with Gasteiger partial charge in [-0.2, -0.15) is 5.10 Å². The average molecular weight is 417 g/mol. The highest BCUT2D eigenvalue weighted by Gasteiger charge is 2.55. The molecule has 2 aromatic rings. The first kappa shape index (κ1) is 21.0. The summed E-state index contributed by atoms with van der Waals surface area (Å²) in [6, 6.07) is 9.89. The van der Waals surface area contributed by atoms with Gasteiger partial charge in [0.2, 0.25) is 5.91 Å². The van der Waals surface area contributed by atoms with E-state index in [9.17, 15) is 13.6 Å². The van der Waals surface area contributed by atoms with Gasteiger partial charge in [0.25, 0.3) is 5.92 Å². The number of hydrogen-bond donors (Lipinski definition) is 0. The van der Waals surface area contributed by atoms with E-state index in [0.29, 0.717) is 32.6 Å². The van der Waals surface area contributed by atoms with Crippen molar-refractivity contribution in [3.63, 3.8) is 0 Å². The average Bonchev–Trinajstić information content (AvgIpc) is 2.95. The molecule has 1 aromatic heterocycles. The Labute approximate surface area is 176 Å². The topological polar surface area (TPSA) is 41.4 Å². The minimum Gasteiger partial charge on any atom is -0.336 e. The van der Waals surface area contributed by atoms with Gasteiger partial charge in [-0.15, -0.1) is 0 Å². The van der Waals surface area contributed by atoms with Gasteiger partial charge in [-0.25, -0.2) is 8.78 Å². The number of aromatic nitrogens is 2.